The zero-order valence-corrected chi connectivity index (χ0v) is 11.8. The van der Waals surface area contributed by atoms with Crippen molar-refractivity contribution in [1.29, 1.82) is 0 Å². The molecule has 2 aromatic rings. The quantitative estimate of drug-likeness (QED) is 0.461. The Morgan fingerprint density at radius 1 is 1.26 bits per heavy atom. The molecular formula is C12H9FN4O6. The summed E-state index contributed by atoms with van der Waals surface area (Å²) < 4.78 is 23.8. The second-order valence-electron chi connectivity index (χ2n) is 4.07. The van der Waals surface area contributed by atoms with Gasteiger partial charge in [-0.05, 0) is 6.07 Å². The summed E-state index contributed by atoms with van der Waals surface area (Å²) in [6, 6.07) is 2.69. The van der Waals surface area contributed by atoms with Gasteiger partial charge in [0.15, 0.2) is 11.5 Å². The van der Waals surface area contributed by atoms with Gasteiger partial charge in [-0.3, -0.25) is 10.1 Å². The van der Waals surface area contributed by atoms with Crippen molar-refractivity contribution in [3.8, 4) is 5.69 Å². The fourth-order valence-electron chi connectivity index (χ4n) is 1.75. The molecule has 1 aromatic carbocycles. The molecule has 10 nitrogen and oxygen atoms in total. The lowest BCUT2D eigenvalue weighted by atomic mass is 10.2. The van der Waals surface area contributed by atoms with Gasteiger partial charge in [0, 0.05) is 6.07 Å². The maximum absolute atomic E-state index is 14.1. The third-order valence-electron chi connectivity index (χ3n) is 2.80. The van der Waals surface area contributed by atoms with Crippen LogP contribution in [0.4, 0.5) is 10.1 Å². The number of hydrogen-bond donors (Lipinski definition) is 0. The minimum Gasteiger partial charge on any atom is -0.464 e. The number of halogens is 1. The molecule has 0 aliphatic rings. The number of esters is 2. The minimum atomic E-state index is -1.04. The van der Waals surface area contributed by atoms with Crippen molar-refractivity contribution in [2.24, 2.45) is 0 Å². The average Bonchev–Trinajstić information content (AvgIpc) is 2.97. The van der Waals surface area contributed by atoms with Crippen LogP contribution in [-0.4, -0.2) is 46.1 Å². The van der Waals surface area contributed by atoms with Crippen molar-refractivity contribution in [2.75, 3.05) is 14.2 Å². The smallest absolute Gasteiger partial charge is 0.361 e. The summed E-state index contributed by atoms with van der Waals surface area (Å²) in [4.78, 5) is 33.3. The van der Waals surface area contributed by atoms with Crippen LogP contribution in [0.25, 0.3) is 5.69 Å². The fourth-order valence-corrected chi connectivity index (χ4v) is 1.75. The van der Waals surface area contributed by atoms with E-state index in [0.717, 1.165) is 26.4 Å². The van der Waals surface area contributed by atoms with Crippen molar-refractivity contribution in [1.82, 2.24) is 15.0 Å². The van der Waals surface area contributed by atoms with Gasteiger partial charge in [-0.2, -0.15) is 0 Å². The van der Waals surface area contributed by atoms with Crippen molar-refractivity contribution in [2.45, 2.75) is 0 Å². The lowest BCUT2D eigenvalue weighted by Crippen LogP contribution is -2.16. The largest absolute Gasteiger partial charge is 0.464 e. The predicted molar refractivity (Wildman–Crippen MR) is 70.7 cm³/mol. The molecule has 0 N–H and O–H groups in total. The first-order chi connectivity index (χ1) is 10.9. The third-order valence-corrected chi connectivity index (χ3v) is 2.80. The summed E-state index contributed by atoms with van der Waals surface area (Å²) >= 11 is 0. The SMILES string of the molecule is COC(=O)c1nnn(-c2ccc([N+](=O)[O-])cc2F)c1C(=O)OC. The number of nitro groups is 1. The van der Waals surface area contributed by atoms with E-state index < -0.39 is 39.8 Å². The minimum absolute atomic E-state index is 0.321. The van der Waals surface area contributed by atoms with Crippen LogP contribution in [-0.2, 0) is 9.47 Å². The van der Waals surface area contributed by atoms with E-state index in [1.807, 2.05) is 0 Å². The van der Waals surface area contributed by atoms with Gasteiger partial charge < -0.3 is 9.47 Å². The van der Waals surface area contributed by atoms with E-state index in [0.29, 0.717) is 10.7 Å². The van der Waals surface area contributed by atoms with Gasteiger partial charge in [-0.1, -0.05) is 5.21 Å². The lowest BCUT2D eigenvalue weighted by Gasteiger charge is -2.06. The molecule has 1 heterocycles. The monoisotopic (exact) mass is 324 g/mol. The van der Waals surface area contributed by atoms with E-state index in [9.17, 15) is 24.1 Å². The third kappa shape index (κ3) is 2.84. The van der Waals surface area contributed by atoms with E-state index in [1.165, 1.54) is 0 Å². The second-order valence-corrected chi connectivity index (χ2v) is 4.07. The number of rotatable bonds is 4. The molecule has 0 aliphatic heterocycles. The summed E-state index contributed by atoms with van der Waals surface area (Å²) in [7, 11) is 2.11. The van der Waals surface area contributed by atoms with Crippen molar-refractivity contribution < 1.29 is 28.4 Å². The van der Waals surface area contributed by atoms with Crippen LogP contribution in [0.5, 0.6) is 0 Å². The first-order valence-electron chi connectivity index (χ1n) is 5.97. The normalized spacial score (nSPS) is 10.2. The number of methoxy groups -OCH3 is 2. The van der Waals surface area contributed by atoms with E-state index >= 15 is 0 Å². The molecule has 23 heavy (non-hydrogen) atoms. The van der Waals surface area contributed by atoms with Gasteiger partial charge in [0.1, 0.15) is 5.69 Å². The van der Waals surface area contributed by atoms with Gasteiger partial charge in [-0.15, -0.1) is 5.10 Å². The first-order valence-corrected chi connectivity index (χ1v) is 5.97. The molecule has 120 valence electrons. The Morgan fingerprint density at radius 3 is 2.43 bits per heavy atom. The highest BCUT2D eigenvalue weighted by molar-refractivity contribution is 6.00. The van der Waals surface area contributed by atoms with Crippen LogP contribution >= 0.6 is 0 Å². The number of carbonyl (C=O) groups excluding carboxylic acids is 2. The van der Waals surface area contributed by atoms with Gasteiger partial charge in [0.05, 0.1) is 25.2 Å². The van der Waals surface area contributed by atoms with Crippen LogP contribution in [0.15, 0.2) is 18.2 Å². The fraction of sp³-hybridized carbons (Fsp3) is 0.167. The number of benzene rings is 1. The Morgan fingerprint density at radius 2 is 1.91 bits per heavy atom. The zero-order valence-electron chi connectivity index (χ0n) is 11.8. The van der Waals surface area contributed by atoms with Crippen molar-refractivity contribution in [3.05, 3.63) is 45.5 Å². The molecule has 0 fully saturated rings. The topological polar surface area (TPSA) is 126 Å². The number of aromatic nitrogens is 3. The lowest BCUT2D eigenvalue weighted by molar-refractivity contribution is -0.385. The maximum atomic E-state index is 14.1. The van der Waals surface area contributed by atoms with Gasteiger partial charge in [-0.25, -0.2) is 18.7 Å². The Kier molecular flexibility index (Phi) is 4.30. The van der Waals surface area contributed by atoms with Crippen LogP contribution in [0.2, 0.25) is 0 Å². The second kappa shape index (κ2) is 6.17. The highest BCUT2D eigenvalue weighted by Gasteiger charge is 2.29. The number of nitro benzene ring substituents is 1. The summed E-state index contributed by atoms with van der Waals surface area (Å²) in [6.07, 6.45) is 0. The average molecular weight is 324 g/mol. The van der Waals surface area contributed by atoms with Crippen molar-refractivity contribution >= 4 is 17.6 Å². The van der Waals surface area contributed by atoms with Gasteiger partial charge in [0.2, 0.25) is 5.69 Å². The van der Waals surface area contributed by atoms with Crippen molar-refractivity contribution in [3.63, 3.8) is 0 Å². The summed E-state index contributed by atoms with van der Waals surface area (Å²) in [5.74, 6) is -3.02. The number of nitrogens with zero attached hydrogens (tertiary/aromatic N) is 4. The van der Waals surface area contributed by atoms with E-state index in [-0.39, 0.29) is 5.69 Å². The molecule has 0 bridgehead atoms. The zero-order chi connectivity index (χ0) is 17.1. The van der Waals surface area contributed by atoms with E-state index in [2.05, 4.69) is 19.8 Å². The highest BCUT2D eigenvalue weighted by Crippen LogP contribution is 2.22. The highest BCUT2D eigenvalue weighted by atomic mass is 19.1. The number of hydrogen-bond acceptors (Lipinski definition) is 8. The molecule has 0 amide bonds. The maximum Gasteiger partial charge on any atom is 0.361 e. The van der Waals surface area contributed by atoms with Crippen LogP contribution < -0.4 is 0 Å². The molecule has 2 rings (SSSR count). The Bertz CT molecular complexity index is 803. The summed E-state index contributed by atoms with van der Waals surface area (Å²) in [5.41, 5.74) is -1.75. The molecule has 0 spiro atoms. The Hall–Kier alpha value is -3.37. The van der Waals surface area contributed by atoms with Gasteiger partial charge in [0.25, 0.3) is 5.69 Å². The summed E-state index contributed by atoms with van der Waals surface area (Å²) in [6.45, 7) is 0. The number of carbonyl (C=O) groups is 2. The van der Waals surface area contributed by atoms with Crippen LogP contribution in [0.3, 0.4) is 0 Å². The standard InChI is InChI=1S/C12H9FN4O6/c1-22-11(18)9-10(12(19)23-2)16(15-14-9)8-4-3-6(17(20)21)5-7(8)13/h3-5H,1-2H3. The summed E-state index contributed by atoms with van der Waals surface area (Å²) in [5, 5.41) is 17.6. The Balaban J connectivity index is 2.64. The molecule has 0 atom stereocenters. The predicted octanol–water partition coefficient (Wildman–Crippen LogP) is 0.888. The van der Waals surface area contributed by atoms with Crippen LogP contribution in [0, 0.1) is 15.9 Å². The van der Waals surface area contributed by atoms with E-state index in [1.54, 1.807) is 0 Å². The molecule has 0 saturated heterocycles. The van der Waals surface area contributed by atoms with Gasteiger partial charge >= 0.3 is 11.9 Å². The van der Waals surface area contributed by atoms with Crippen LogP contribution in [0.1, 0.15) is 21.0 Å². The molecular weight excluding hydrogens is 315 g/mol. The molecule has 1 aromatic heterocycles. The molecule has 0 unspecified atom stereocenters. The molecule has 0 radical (unpaired) electrons. The molecule has 11 heteroatoms. The number of non-ortho nitro benzene ring substituents is 1. The molecule has 0 saturated carbocycles. The van der Waals surface area contributed by atoms with E-state index in [4.69, 9.17) is 0 Å². The molecule has 0 aliphatic carbocycles. The first kappa shape index (κ1) is 16.0. The number of ether oxygens (including phenoxy) is 2. The Labute approximate surface area is 127 Å².